The van der Waals surface area contributed by atoms with E-state index in [0.29, 0.717) is 43.3 Å². The van der Waals surface area contributed by atoms with Crippen LogP contribution in [0, 0.1) is 0 Å². The first-order chi connectivity index (χ1) is 14.2. The molecule has 1 unspecified atom stereocenters. The number of methoxy groups -OCH3 is 1. The van der Waals surface area contributed by atoms with Crippen LogP contribution in [0.25, 0.3) is 0 Å². The maximum absolute atomic E-state index is 13.4. The molecule has 1 amide bonds. The Morgan fingerprint density at radius 2 is 2.00 bits per heavy atom. The summed E-state index contributed by atoms with van der Waals surface area (Å²) >= 11 is 0. The minimum absolute atomic E-state index is 0.111. The quantitative estimate of drug-likeness (QED) is 0.610. The SMILES string of the molecule is CCOc1ccc(C(=O)N2c3ccccc3CC2c2nc(CCOC)no2)cc1. The number of fused-ring (bicyclic) bond motifs is 1. The number of benzene rings is 2. The standard InChI is InChI=1S/C22H23N3O4/c1-3-28-17-10-8-15(9-11-17)22(26)25-18-7-5-4-6-16(18)14-19(25)21-23-20(24-29-21)12-13-27-2/h4-11,19H,3,12-14H2,1-2H3. The van der Waals surface area contributed by atoms with Crippen LogP contribution in [0.4, 0.5) is 5.69 Å². The van der Waals surface area contributed by atoms with Crippen molar-refractivity contribution in [1.29, 1.82) is 0 Å². The van der Waals surface area contributed by atoms with Crippen molar-refractivity contribution in [3.63, 3.8) is 0 Å². The molecule has 0 radical (unpaired) electrons. The van der Waals surface area contributed by atoms with Gasteiger partial charge in [0, 0.05) is 31.2 Å². The molecular weight excluding hydrogens is 370 g/mol. The minimum Gasteiger partial charge on any atom is -0.494 e. The second kappa shape index (κ2) is 8.45. The van der Waals surface area contributed by atoms with Crippen molar-refractivity contribution in [2.45, 2.75) is 25.8 Å². The summed E-state index contributed by atoms with van der Waals surface area (Å²) in [4.78, 5) is 19.7. The molecular formula is C22H23N3O4. The van der Waals surface area contributed by atoms with Crippen molar-refractivity contribution in [3.8, 4) is 5.75 Å². The van der Waals surface area contributed by atoms with Crippen LogP contribution >= 0.6 is 0 Å². The molecule has 0 saturated carbocycles. The number of carbonyl (C=O) groups excluding carboxylic acids is 1. The molecule has 4 rings (SSSR count). The molecule has 7 nitrogen and oxygen atoms in total. The van der Waals surface area contributed by atoms with Gasteiger partial charge in [0.15, 0.2) is 5.82 Å². The highest BCUT2D eigenvalue weighted by atomic mass is 16.5. The molecule has 0 saturated heterocycles. The summed E-state index contributed by atoms with van der Waals surface area (Å²) in [6.07, 6.45) is 1.19. The Morgan fingerprint density at radius 1 is 1.21 bits per heavy atom. The first-order valence-corrected chi connectivity index (χ1v) is 9.67. The molecule has 1 aliphatic heterocycles. The number of ether oxygens (including phenoxy) is 2. The number of hydrogen-bond acceptors (Lipinski definition) is 6. The topological polar surface area (TPSA) is 77.7 Å². The highest BCUT2D eigenvalue weighted by Gasteiger charge is 2.38. The fourth-order valence-electron chi connectivity index (χ4n) is 3.53. The number of anilines is 1. The molecule has 29 heavy (non-hydrogen) atoms. The van der Waals surface area contributed by atoms with Crippen LogP contribution in [0.5, 0.6) is 5.75 Å². The molecule has 1 aromatic heterocycles. The van der Waals surface area contributed by atoms with Gasteiger partial charge in [0.1, 0.15) is 11.8 Å². The van der Waals surface area contributed by atoms with Crippen LogP contribution in [-0.4, -0.2) is 36.4 Å². The summed E-state index contributed by atoms with van der Waals surface area (Å²) in [6, 6.07) is 14.7. The zero-order valence-electron chi connectivity index (χ0n) is 16.5. The van der Waals surface area contributed by atoms with Crippen molar-refractivity contribution >= 4 is 11.6 Å². The number of para-hydroxylation sites is 1. The Morgan fingerprint density at radius 3 is 2.76 bits per heavy atom. The molecule has 7 heteroatoms. The lowest BCUT2D eigenvalue weighted by atomic mass is 10.1. The summed E-state index contributed by atoms with van der Waals surface area (Å²) < 4.78 is 16.1. The fourth-order valence-corrected chi connectivity index (χ4v) is 3.53. The van der Waals surface area contributed by atoms with Crippen molar-refractivity contribution < 1.29 is 18.8 Å². The molecule has 0 N–H and O–H groups in total. The number of amides is 1. The van der Waals surface area contributed by atoms with Gasteiger partial charge in [-0.15, -0.1) is 0 Å². The summed E-state index contributed by atoms with van der Waals surface area (Å²) in [5, 5.41) is 4.04. The Bertz CT molecular complexity index is 984. The Hall–Kier alpha value is -3.19. The van der Waals surface area contributed by atoms with Gasteiger partial charge in [0.05, 0.1) is 13.2 Å². The molecule has 1 atom stereocenters. The van der Waals surface area contributed by atoms with Crippen LogP contribution in [0.1, 0.15) is 40.6 Å². The van der Waals surface area contributed by atoms with Crippen LogP contribution in [0.3, 0.4) is 0 Å². The predicted octanol–water partition coefficient (Wildman–Crippen LogP) is 3.60. The maximum Gasteiger partial charge on any atom is 0.259 e. The lowest BCUT2D eigenvalue weighted by molar-refractivity contribution is 0.0974. The minimum atomic E-state index is -0.338. The number of rotatable bonds is 7. The maximum atomic E-state index is 13.4. The zero-order chi connectivity index (χ0) is 20.2. The highest BCUT2D eigenvalue weighted by Crippen LogP contribution is 2.40. The highest BCUT2D eigenvalue weighted by molar-refractivity contribution is 6.07. The van der Waals surface area contributed by atoms with Gasteiger partial charge < -0.3 is 14.0 Å². The Labute approximate surface area is 169 Å². The Balaban J connectivity index is 1.65. The van der Waals surface area contributed by atoms with E-state index >= 15 is 0 Å². The second-order valence-corrected chi connectivity index (χ2v) is 6.77. The van der Waals surface area contributed by atoms with E-state index in [2.05, 4.69) is 10.1 Å². The summed E-state index contributed by atoms with van der Waals surface area (Å²) in [5.41, 5.74) is 2.52. The molecule has 0 bridgehead atoms. The van der Waals surface area contributed by atoms with Gasteiger partial charge in [-0.25, -0.2) is 0 Å². The van der Waals surface area contributed by atoms with E-state index in [1.54, 1.807) is 24.1 Å². The largest absolute Gasteiger partial charge is 0.494 e. The van der Waals surface area contributed by atoms with Crippen LogP contribution < -0.4 is 9.64 Å². The van der Waals surface area contributed by atoms with Crippen molar-refractivity contribution in [3.05, 3.63) is 71.4 Å². The molecule has 0 aliphatic carbocycles. The van der Waals surface area contributed by atoms with Gasteiger partial charge in [-0.2, -0.15) is 4.98 Å². The average Bonchev–Trinajstić information content (AvgIpc) is 3.37. The molecule has 0 fully saturated rings. The Kier molecular flexibility index (Phi) is 5.57. The van der Waals surface area contributed by atoms with Crippen molar-refractivity contribution in [2.24, 2.45) is 0 Å². The molecule has 3 aromatic rings. The lowest BCUT2D eigenvalue weighted by Crippen LogP contribution is -2.32. The molecule has 2 heterocycles. The van der Waals surface area contributed by atoms with E-state index in [4.69, 9.17) is 14.0 Å². The number of carbonyl (C=O) groups is 1. The average molecular weight is 393 g/mol. The molecule has 0 spiro atoms. The number of hydrogen-bond donors (Lipinski definition) is 0. The van der Waals surface area contributed by atoms with Gasteiger partial charge >= 0.3 is 0 Å². The summed E-state index contributed by atoms with van der Waals surface area (Å²) in [6.45, 7) is 3.02. The zero-order valence-corrected chi connectivity index (χ0v) is 16.5. The van der Waals surface area contributed by atoms with Gasteiger partial charge in [0.2, 0.25) is 5.89 Å². The van der Waals surface area contributed by atoms with Gasteiger partial charge in [0.25, 0.3) is 5.91 Å². The number of nitrogens with zero attached hydrogens (tertiary/aromatic N) is 3. The van der Waals surface area contributed by atoms with Gasteiger partial charge in [-0.05, 0) is 42.8 Å². The molecule has 1 aliphatic rings. The normalized spacial score (nSPS) is 15.4. The van der Waals surface area contributed by atoms with Crippen LogP contribution in [-0.2, 0) is 17.6 Å². The van der Waals surface area contributed by atoms with Crippen LogP contribution in [0.2, 0.25) is 0 Å². The van der Waals surface area contributed by atoms with E-state index in [9.17, 15) is 4.79 Å². The van der Waals surface area contributed by atoms with Crippen molar-refractivity contribution in [1.82, 2.24) is 10.1 Å². The van der Waals surface area contributed by atoms with E-state index in [-0.39, 0.29) is 11.9 Å². The van der Waals surface area contributed by atoms with E-state index in [1.807, 2.05) is 43.3 Å². The molecule has 150 valence electrons. The third-order valence-corrected chi connectivity index (χ3v) is 4.91. The smallest absolute Gasteiger partial charge is 0.259 e. The summed E-state index contributed by atoms with van der Waals surface area (Å²) in [5.74, 6) is 1.64. The van der Waals surface area contributed by atoms with Gasteiger partial charge in [-0.3, -0.25) is 9.69 Å². The van der Waals surface area contributed by atoms with Gasteiger partial charge in [-0.1, -0.05) is 23.4 Å². The first-order valence-electron chi connectivity index (χ1n) is 9.67. The second-order valence-electron chi connectivity index (χ2n) is 6.77. The fraction of sp³-hybridized carbons (Fsp3) is 0.318. The lowest BCUT2D eigenvalue weighted by Gasteiger charge is -2.23. The van der Waals surface area contributed by atoms with E-state index in [1.165, 1.54) is 0 Å². The third kappa shape index (κ3) is 3.86. The van der Waals surface area contributed by atoms with E-state index < -0.39 is 0 Å². The third-order valence-electron chi connectivity index (χ3n) is 4.91. The van der Waals surface area contributed by atoms with Crippen molar-refractivity contribution in [2.75, 3.05) is 25.2 Å². The summed E-state index contributed by atoms with van der Waals surface area (Å²) in [7, 11) is 1.63. The van der Waals surface area contributed by atoms with Crippen LogP contribution in [0.15, 0.2) is 53.1 Å². The van der Waals surface area contributed by atoms with E-state index in [0.717, 1.165) is 17.0 Å². The first kappa shape index (κ1) is 19.1. The predicted molar refractivity (Wildman–Crippen MR) is 107 cm³/mol. The molecule has 2 aromatic carbocycles. The number of aromatic nitrogens is 2. The monoisotopic (exact) mass is 393 g/mol.